The van der Waals surface area contributed by atoms with E-state index >= 15 is 0 Å². The van der Waals surface area contributed by atoms with E-state index in [4.69, 9.17) is 4.74 Å². The van der Waals surface area contributed by atoms with Gasteiger partial charge >= 0.3 is 5.97 Å². The molecule has 0 aromatic carbocycles. The molecular formula is C13H21NO4. The summed E-state index contributed by atoms with van der Waals surface area (Å²) in [5.41, 5.74) is 0. The Kier molecular flexibility index (Phi) is 4.22. The fourth-order valence-corrected chi connectivity index (χ4v) is 3.33. The van der Waals surface area contributed by atoms with Gasteiger partial charge in [0.05, 0.1) is 13.0 Å². The highest BCUT2D eigenvalue weighted by atomic mass is 16.5. The molecule has 0 aromatic rings. The van der Waals surface area contributed by atoms with Crippen LogP contribution in [0.1, 0.15) is 32.6 Å². The molecule has 2 rings (SSSR count). The first-order valence-electron chi connectivity index (χ1n) is 6.75. The van der Waals surface area contributed by atoms with Crippen molar-refractivity contribution in [3.05, 3.63) is 0 Å². The van der Waals surface area contributed by atoms with Crippen molar-refractivity contribution in [1.82, 2.24) is 4.90 Å². The maximum atomic E-state index is 12.0. The van der Waals surface area contributed by atoms with Crippen LogP contribution in [0, 0.1) is 11.8 Å². The Hall–Kier alpha value is -1.10. The third-order valence-corrected chi connectivity index (χ3v) is 4.13. The number of hydrogen-bond acceptors (Lipinski definition) is 3. The molecule has 0 bridgehead atoms. The third kappa shape index (κ3) is 2.51. The lowest BCUT2D eigenvalue weighted by atomic mass is 9.94. The number of rotatable bonds is 5. The summed E-state index contributed by atoms with van der Waals surface area (Å²) in [5.74, 6) is -0.375. The summed E-state index contributed by atoms with van der Waals surface area (Å²) in [4.78, 5) is 25.0. The standard InChI is InChI=1S/C13H21NO4/c1-2-18-7-6-11(15)14-8-9-4-3-5-10(9)12(14)13(16)17/h9-10,12H,2-8H2,1H3,(H,16,17). The first-order chi connectivity index (χ1) is 8.65. The van der Waals surface area contributed by atoms with Gasteiger partial charge in [0.25, 0.3) is 0 Å². The van der Waals surface area contributed by atoms with Crippen LogP contribution in [0.25, 0.3) is 0 Å². The number of carbonyl (C=O) groups is 2. The van der Waals surface area contributed by atoms with Gasteiger partial charge in [-0.25, -0.2) is 4.79 Å². The van der Waals surface area contributed by atoms with Crippen molar-refractivity contribution in [3.63, 3.8) is 0 Å². The molecule has 3 unspecified atom stereocenters. The molecule has 1 saturated heterocycles. The van der Waals surface area contributed by atoms with E-state index < -0.39 is 12.0 Å². The van der Waals surface area contributed by atoms with Crippen LogP contribution < -0.4 is 0 Å². The second kappa shape index (κ2) is 5.69. The number of nitrogens with zero attached hydrogens (tertiary/aromatic N) is 1. The minimum absolute atomic E-state index is 0.0785. The molecule has 1 N–H and O–H groups in total. The number of aliphatic carboxylic acids is 1. The predicted octanol–water partition coefficient (Wildman–Crippen LogP) is 1.12. The second-order valence-electron chi connectivity index (χ2n) is 5.13. The van der Waals surface area contributed by atoms with Gasteiger partial charge in [-0.3, -0.25) is 4.79 Å². The molecule has 2 fully saturated rings. The molecule has 1 heterocycles. The van der Waals surface area contributed by atoms with Gasteiger partial charge in [-0.1, -0.05) is 6.42 Å². The summed E-state index contributed by atoms with van der Waals surface area (Å²) in [5, 5.41) is 9.33. The summed E-state index contributed by atoms with van der Waals surface area (Å²) >= 11 is 0. The molecule has 5 heteroatoms. The quantitative estimate of drug-likeness (QED) is 0.748. The molecular weight excluding hydrogens is 234 g/mol. The number of carboxylic acid groups (broad SMARTS) is 1. The minimum Gasteiger partial charge on any atom is -0.480 e. The summed E-state index contributed by atoms with van der Waals surface area (Å²) < 4.78 is 5.16. The first kappa shape index (κ1) is 13.3. The molecule has 0 spiro atoms. The van der Waals surface area contributed by atoms with E-state index in [-0.39, 0.29) is 18.2 Å². The molecule has 1 aliphatic carbocycles. The van der Waals surface area contributed by atoms with Crippen LogP contribution in [0.4, 0.5) is 0 Å². The number of hydrogen-bond donors (Lipinski definition) is 1. The highest BCUT2D eigenvalue weighted by Gasteiger charge is 2.49. The fourth-order valence-electron chi connectivity index (χ4n) is 3.33. The van der Waals surface area contributed by atoms with Crippen LogP contribution in [0.3, 0.4) is 0 Å². The first-order valence-corrected chi connectivity index (χ1v) is 6.75. The van der Waals surface area contributed by atoms with Crippen molar-refractivity contribution < 1.29 is 19.4 Å². The Balaban J connectivity index is 1.98. The highest BCUT2D eigenvalue weighted by molar-refractivity contribution is 5.84. The number of carboxylic acids is 1. The zero-order chi connectivity index (χ0) is 13.1. The van der Waals surface area contributed by atoms with Crippen LogP contribution in [-0.4, -0.2) is 47.7 Å². The van der Waals surface area contributed by atoms with Crippen molar-refractivity contribution in [2.45, 2.75) is 38.6 Å². The van der Waals surface area contributed by atoms with Crippen LogP contribution >= 0.6 is 0 Å². The molecule has 3 atom stereocenters. The molecule has 1 amide bonds. The van der Waals surface area contributed by atoms with E-state index in [1.54, 1.807) is 4.90 Å². The van der Waals surface area contributed by atoms with Crippen molar-refractivity contribution >= 4 is 11.9 Å². The Bertz CT molecular complexity index is 331. The topological polar surface area (TPSA) is 66.8 Å². The van der Waals surface area contributed by atoms with Crippen molar-refractivity contribution in [1.29, 1.82) is 0 Å². The maximum absolute atomic E-state index is 12.0. The van der Waals surface area contributed by atoms with Gasteiger partial charge in [0.2, 0.25) is 5.91 Å². The number of amides is 1. The maximum Gasteiger partial charge on any atom is 0.326 e. The van der Waals surface area contributed by atoms with E-state index in [0.29, 0.717) is 25.7 Å². The molecule has 1 saturated carbocycles. The van der Waals surface area contributed by atoms with E-state index in [1.807, 2.05) is 6.92 Å². The Morgan fingerprint density at radius 2 is 2.17 bits per heavy atom. The van der Waals surface area contributed by atoms with E-state index in [0.717, 1.165) is 19.3 Å². The van der Waals surface area contributed by atoms with Crippen LogP contribution in [0.5, 0.6) is 0 Å². The largest absolute Gasteiger partial charge is 0.480 e. The normalized spacial score (nSPS) is 30.5. The Morgan fingerprint density at radius 1 is 1.39 bits per heavy atom. The smallest absolute Gasteiger partial charge is 0.326 e. The average molecular weight is 255 g/mol. The zero-order valence-electron chi connectivity index (χ0n) is 10.8. The van der Waals surface area contributed by atoms with Crippen LogP contribution in [0.15, 0.2) is 0 Å². The molecule has 18 heavy (non-hydrogen) atoms. The van der Waals surface area contributed by atoms with Gasteiger partial charge in [-0.2, -0.15) is 0 Å². The number of carbonyl (C=O) groups excluding carboxylic acids is 1. The molecule has 102 valence electrons. The van der Waals surface area contributed by atoms with E-state index in [9.17, 15) is 14.7 Å². The SMILES string of the molecule is CCOCCC(=O)N1CC2CCCC2C1C(=O)O. The number of ether oxygens (including phenoxy) is 1. The van der Waals surface area contributed by atoms with Crippen molar-refractivity contribution in [2.24, 2.45) is 11.8 Å². The summed E-state index contributed by atoms with van der Waals surface area (Å²) in [6.45, 7) is 3.46. The molecule has 5 nitrogen and oxygen atoms in total. The number of likely N-dealkylation sites (tertiary alicyclic amines) is 1. The number of fused-ring (bicyclic) bond motifs is 1. The molecule has 2 aliphatic rings. The van der Waals surface area contributed by atoms with Crippen molar-refractivity contribution in [3.8, 4) is 0 Å². The van der Waals surface area contributed by atoms with E-state index in [2.05, 4.69) is 0 Å². The lowest BCUT2D eigenvalue weighted by Crippen LogP contribution is -2.43. The minimum atomic E-state index is -0.853. The molecule has 0 aromatic heterocycles. The van der Waals surface area contributed by atoms with Crippen molar-refractivity contribution in [2.75, 3.05) is 19.8 Å². The van der Waals surface area contributed by atoms with Gasteiger partial charge in [-0.05, 0) is 31.6 Å². The van der Waals surface area contributed by atoms with Gasteiger partial charge < -0.3 is 14.7 Å². The van der Waals surface area contributed by atoms with Crippen LogP contribution in [-0.2, 0) is 14.3 Å². The fraction of sp³-hybridized carbons (Fsp3) is 0.846. The average Bonchev–Trinajstić information content (AvgIpc) is 2.87. The second-order valence-corrected chi connectivity index (χ2v) is 5.13. The highest BCUT2D eigenvalue weighted by Crippen LogP contribution is 2.42. The predicted molar refractivity (Wildman–Crippen MR) is 65.1 cm³/mol. The third-order valence-electron chi connectivity index (χ3n) is 4.13. The summed E-state index contributed by atoms with van der Waals surface area (Å²) in [7, 11) is 0. The molecule has 0 radical (unpaired) electrons. The van der Waals surface area contributed by atoms with Gasteiger partial charge in [0, 0.05) is 13.2 Å². The Labute approximate surface area is 107 Å². The zero-order valence-corrected chi connectivity index (χ0v) is 10.8. The van der Waals surface area contributed by atoms with E-state index in [1.165, 1.54) is 0 Å². The molecule has 1 aliphatic heterocycles. The summed E-state index contributed by atoms with van der Waals surface area (Å²) in [6, 6.07) is -0.605. The monoisotopic (exact) mass is 255 g/mol. The Morgan fingerprint density at radius 3 is 2.83 bits per heavy atom. The lowest BCUT2D eigenvalue weighted by Gasteiger charge is -2.24. The van der Waals surface area contributed by atoms with Gasteiger partial charge in [-0.15, -0.1) is 0 Å². The summed E-state index contributed by atoms with van der Waals surface area (Å²) in [6.07, 6.45) is 3.39. The van der Waals surface area contributed by atoms with Crippen LogP contribution in [0.2, 0.25) is 0 Å². The van der Waals surface area contributed by atoms with Gasteiger partial charge in [0.15, 0.2) is 0 Å². The lowest BCUT2D eigenvalue weighted by molar-refractivity contribution is -0.150. The van der Waals surface area contributed by atoms with Gasteiger partial charge in [0.1, 0.15) is 6.04 Å².